The van der Waals surface area contributed by atoms with Gasteiger partial charge in [-0.2, -0.15) is 0 Å². The van der Waals surface area contributed by atoms with Crippen LogP contribution in [0.1, 0.15) is 32.5 Å². The number of para-hydroxylation sites is 1. The number of carbonyl (C=O) groups excluding carboxylic acids is 2. The van der Waals surface area contributed by atoms with Gasteiger partial charge < -0.3 is 14.5 Å². The maximum Gasteiger partial charge on any atom is 0.348 e. The van der Waals surface area contributed by atoms with Gasteiger partial charge >= 0.3 is 11.9 Å². The predicted octanol–water partition coefficient (Wildman–Crippen LogP) is 5.06. The Bertz CT molecular complexity index is 1190. The van der Waals surface area contributed by atoms with E-state index in [2.05, 4.69) is 4.98 Å². The van der Waals surface area contributed by atoms with E-state index in [-0.39, 0.29) is 23.5 Å². The van der Waals surface area contributed by atoms with Crippen LogP contribution in [-0.4, -0.2) is 23.5 Å². The Morgan fingerprint density at radius 3 is 2.71 bits per heavy atom. The average molecular weight is 397 g/mol. The predicted molar refractivity (Wildman–Crippen MR) is 105 cm³/mol. The molecule has 7 heteroatoms. The van der Waals surface area contributed by atoms with E-state index >= 15 is 0 Å². The van der Waals surface area contributed by atoms with Crippen molar-refractivity contribution in [2.45, 2.75) is 13.5 Å². The van der Waals surface area contributed by atoms with Crippen LogP contribution in [-0.2, 0) is 16.1 Å². The number of aromatic amines is 1. The van der Waals surface area contributed by atoms with Crippen molar-refractivity contribution >= 4 is 44.3 Å². The summed E-state index contributed by atoms with van der Waals surface area (Å²) in [6.45, 7) is 1.67. The van der Waals surface area contributed by atoms with E-state index in [1.165, 1.54) is 6.07 Å². The molecule has 0 aliphatic rings. The maximum absolute atomic E-state index is 14.4. The molecule has 0 bridgehead atoms. The highest BCUT2D eigenvalue weighted by molar-refractivity contribution is 7.21. The molecule has 5 nitrogen and oxygen atoms in total. The van der Waals surface area contributed by atoms with Crippen LogP contribution in [0.4, 0.5) is 4.39 Å². The van der Waals surface area contributed by atoms with Gasteiger partial charge in [0.25, 0.3) is 0 Å². The zero-order valence-electron chi connectivity index (χ0n) is 15.0. The van der Waals surface area contributed by atoms with Gasteiger partial charge in [-0.25, -0.2) is 14.0 Å². The number of halogens is 1. The molecular formula is C21H16FNO4S. The summed E-state index contributed by atoms with van der Waals surface area (Å²) in [4.78, 5) is 28.2. The minimum Gasteiger partial charge on any atom is -0.462 e. The van der Waals surface area contributed by atoms with Gasteiger partial charge in [0.15, 0.2) is 0 Å². The molecular weight excluding hydrogens is 381 g/mol. The lowest BCUT2D eigenvalue weighted by Gasteiger charge is -2.07. The van der Waals surface area contributed by atoms with E-state index in [1.54, 1.807) is 25.3 Å². The van der Waals surface area contributed by atoms with Crippen molar-refractivity contribution in [2.75, 3.05) is 6.61 Å². The van der Waals surface area contributed by atoms with E-state index in [0.29, 0.717) is 15.8 Å². The first-order valence-electron chi connectivity index (χ1n) is 8.70. The molecule has 0 saturated heterocycles. The van der Waals surface area contributed by atoms with Crippen molar-refractivity contribution in [1.82, 2.24) is 4.98 Å². The van der Waals surface area contributed by atoms with Crippen LogP contribution in [0.25, 0.3) is 21.0 Å². The van der Waals surface area contributed by atoms with E-state index in [4.69, 9.17) is 9.47 Å². The smallest absolute Gasteiger partial charge is 0.348 e. The second kappa shape index (κ2) is 7.44. The molecule has 2 aromatic carbocycles. The Balaban J connectivity index is 1.68. The van der Waals surface area contributed by atoms with Gasteiger partial charge in [0, 0.05) is 32.7 Å². The Labute approximate surface area is 163 Å². The molecule has 0 aliphatic carbocycles. The number of benzene rings is 2. The summed E-state index contributed by atoms with van der Waals surface area (Å²) in [6.07, 6.45) is 1.57. The molecule has 2 aromatic heterocycles. The number of nitrogens with one attached hydrogen (secondary N) is 1. The third-order valence-corrected chi connectivity index (χ3v) is 5.56. The maximum atomic E-state index is 14.4. The summed E-state index contributed by atoms with van der Waals surface area (Å²) in [5.41, 5.74) is 1.52. The lowest BCUT2D eigenvalue weighted by atomic mass is 10.1. The van der Waals surface area contributed by atoms with Crippen molar-refractivity contribution in [1.29, 1.82) is 0 Å². The second-order valence-corrected chi connectivity index (χ2v) is 7.12. The molecule has 0 saturated carbocycles. The zero-order valence-corrected chi connectivity index (χ0v) is 15.8. The molecule has 28 heavy (non-hydrogen) atoms. The van der Waals surface area contributed by atoms with Crippen LogP contribution in [0, 0.1) is 5.82 Å². The van der Waals surface area contributed by atoms with Crippen molar-refractivity contribution in [3.8, 4) is 0 Å². The van der Waals surface area contributed by atoms with Crippen LogP contribution < -0.4 is 0 Å². The van der Waals surface area contributed by atoms with Crippen LogP contribution >= 0.6 is 11.3 Å². The van der Waals surface area contributed by atoms with Gasteiger partial charge in [0.05, 0.1) is 12.2 Å². The summed E-state index contributed by atoms with van der Waals surface area (Å²) in [5, 5.41) is 1.02. The minimum absolute atomic E-state index is 0.199. The largest absolute Gasteiger partial charge is 0.462 e. The molecule has 2 heterocycles. The molecule has 0 fully saturated rings. The first-order chi connectivity index (χ1) is 13.6. The monoisotopic (exact) mass is 397 g/mol. The van der Waals surface area contributed by atoms with Gasteiger partial charge in [0.2, 0.25) is 0 Å². The third-order valence-electron chi connectivity index (χ3n) is 4.38. The Kier molecular flexibility index (Phi) is 4.83. The quantitative estimate of drug-likeness (QED) is 0.478. The first-order valence-corrected chi connectivity index (χ1v) is 9.52. The molecule has 4 rings (SSSR count). The Morgan fingerprint density at radius 1 is 1.07 bits per heavy atom. The number of H-pyrrole nitrogens is 1. The lowest BCUT2D eigenvalue weighted by molar-refractivity contribution is 0.0456. The Hall–Kier alpha value is -3.19. The summed E-state index contributed by atoms with van der Waals surface area (Å²) in [6, 6.07) is 12.0. The normalized spacial score (nSPS) is 11.1. The number of rotatable bonds is 5. The average Bonchev–Trinajstić information content (AvgIpc) is 3.29. The van der Waals surface area contributed by atoms with E-state index in [9.17, 15) is 14.0 Å². The van der Waals surface area contributed by atoms with Gasteiger partial charge in [-0.15, -0.1) is 11.3 Å². The van der Waals surface area contributed by atoms with Crippen molar-refractivity contribution in [3.63, 3.8) is 0 Å². The molecule has 142 valence electrons. The summed E-state index contributed by atoms with van der Waals surface area (Å²) < 4.78 is 25.5. The van der Waals surface area contributed by atoms with Crippen LogP contribution in [0.3, 0.4) is 0 Å². The minimum atomic E-state index is -0.554. The number of ether oxygens (including phenoxy) is 2. The standard InChI is InChI=1S/C21H16FNO4S/c1-2-26-21(25)19-14(18-15(22)7-5-9-17(18)28-19)11-27-20(24)13-10-23-16-8-4-3-6-12(13)16/h3-10,23H,2,11H2,1H3. The molecule has 0 atom stereocenters. The summed E-state index contributed by atoms with van der Waals surface area (Å²) in [5.74, 6) is -1.58. The highest BCUT2D eigenvalue weighted by atomic mass is 32.1. The number of fused-ring (bicyclic) bond motifs is 2. The number of esters is 2. The number of carbonyl (C=O) groups is 2. The molecule has 0 radical (unpaired) electrons. The fourth-order valence-corrected chi connectivity index (χ4v) is 4.24. The molecule has 0 unspecified atom stereocenters. The van der Waals surface area contributed by atoms with Crippen LogP contribution in [0.5, 0.6) is 0 Å². The molecule has 4 aromatic rings. The number of hydrogen-bond acceptors (Lipinski definition) is 5. The zero-order chi connectivity index (χ0) is 19.7. The molecule has 1 N–H and O–H groups in total. The van der Waals surface area contributed by atoms with E-state index in [1.807, 2.05) is 24.3 Å². The molecule has 0 amide bonds. The van der Waals surface area contributed by atoms with E-state index < -0.39 is 17.8 Å². The summed E-state index contributed by atoms with van der Waals surface area (Å²) >= 11 is 1.13. The number of aromatic nitrogens is 1. The van der Waals surface area contributed by atoms with Gasteiger partial charge in [-0.05, 0) is 25.1 Å². The highest BCUT2D eigenvalue weighted by Crippen LogP contribution is 2.34. The van der Waals surface area contributed by atoms with Crippen LogP contribution in [0.15, 0.2) is 48.7 Å². The van der Waals surface area contributed by atoms with Gasteiger partial charge in [-0.3, -0.25) is 0 Å². The van der Waals surface area contributed by atoms with Crippen molar-refractivity contribution in [2.24, 2.45) is 0 Å². The third kappa shape index (κ3) is 3.14. The summed E-state index contributed by atoms with van der Waals surface area (Å²) in [7, 11) is 0. The highest BCUT2D eigenvalue weighted by Gasteiger charge is 2.23. The Morgan fingerprint density at radius 2 is 1.89 bits per heavy atom. The fraction of sp³-hybridized carbons (Fsp3) is 0.143. The SMILES string of the molecule is CCOC(=O)c1sc2cccc(F)c2c1COC(=O)c1c[nH]c2ccccc12. The molecule has 0 aliphatic heterocycles. The van der Waals surface area contributed by atoms with Gasteiger partial charge in [-0.1, -0.05) is 24.3 Å². The van der Waals surface area contributed by atoms with Crippen molar-refractivity contribution in [3.05, 3.63) is 70.5 Å². The molecule has 0 spiro atoms. The fourth-order valence-electron chi connectivity index (χ4n) is 3.12. The van der Waals surface area contributed by atoms with E-state index in [0.717, 1.165) is 22.2 Å². The van der Waals surface area contributed by atoms with Crippen LogP contribution in [0.2, 0.25) is 0 Å². The number of thiophene rings is 1. The van der Waals surface area contributed by atoms with Gasteiger partial charge in [0.1, 0.15) is 17.3 Å². The second-order valence-electron chi connectivity index (χ2n) is 6.07. The topological polar surface area (TPSA) is 68.4 Å². The van der Waals surface area contributed by atoms with Crippen molar-refractivity contribution < 1.29 is 23.5 Å². The first kappa shape index (κ1) is 18.2. The number of hydrogen-bond donors (Lipinski definition) is 1. The lowest BCUT2D eigenvalue weighted by Crippen LogP contribution is -2.09.